The molecule has 16 heavy (non-hydrogen) atoms. The van der Waals surface area contributed by atoms with Crippen LogP contribution in [0.2, 0.25) is 0 Å². The highest BCUT2D eigenvalue weighted by atomic mass is 127. The lowest BCUT2D eigenvalue weighted by atomic mass is 10.1. The van der Waals surface area contributed by atoms with Crippen molar-refractivity contribution in [2.24, 2.45) is 0 Å². The number of esters is 1. The summed E-state index contributed by atoms with van der Waals surface area (Å²) in [5, 5.41) is 10.7. The fourth-order valence-electron chi connectivity index (χ4n) is 1.21. The highest BCUT2D eigenvalue weighted by Gasteiger charge is 2.14. The summed E-state index contributed by atoms with van der Waals surface area (Å²) in [6.45, 7) is 1.57. The van der Waals surface area contributed by atoms with Gasteiger partial charge in [-0.2, -0.15) is 0 Å². The number of nitrogens with zero attached hydrogens (tertiary/aromatic N) is 1. The zero-order chi connectivity index (χ0) is 12.1. The van der Waals surface area contributed by atoms with Crippen LogP contribution in [0, 0.1) is 13.7 Å². The van der Waals surface area contributed by atoms with Crippen molar-refractivity contribution in [3.8, 4) is 0 Å². The third-order valence-electron chi connectivity index (χ3n) is 1.93. The molecule has 0 aromatic heterocycles. The third-order valence-corrected chi connectivity index (χ3v) is 3.18. The van der Waals surface area contributed by atoms with Crippen LogP contribution in [0.25, 0.3) is 0 Å². The van der Waals surface area contributed by atoms with E-state index in [9.17, 15) is 14.9 Å². The van der Waals surface area contributed by atoms with Gasteiger partial charge in [-0.25, -0.2) is 0 Å². The summed E-state index contributed by atoms with van der Waals surface area (Å²) < 4.78 is 5.38. The Kier molecular flexibility index (Phi) is 4.66. The Balaban J connectivity index is 2.77. The molecule has 6 heteroatoms. The molecule has 1 rings (SSSR count). The minimum atomic E-state index is -0.420. The van der Waals surface area contributed by atoms with Gasteiger partial charge >= 0.3 is 5.97 Å². The maximum absolute atomic E-state index is 10.7. The lowest BCUT2D eigenvalue weighted by molar-refractivity contribution is -0.385. The summed E-state index contributed by atoms with van der Waals surface area (Å²) in [4.78, 5) is 20.8. The molecule has 5 nitrogen and oxygen atoms in total. The first-order valence-corrected chi connectivity index (χ1v) is 5.65. The van der Waals surface area contributed by atoms with E-state index in [2.05, 4.69) is 0 Å². The molecule has 0 unspecified atom stereocenters. The monoisotopic (exact) mass is 335 g/mol. The van der Waals surface area contributed by atoms with E-state index in [0.29, 0.717) is 9.99 Å². The molecule has 0 saturated carbocycles. The molecule has 1 aromatic rings. The van der Waals surface area contributed by atoms with Crippen molar-refractivity contribution in [1.29, 1.82) is 0 Å². The minimum Gasteiger partial charge on any atom is -0.466 e. The maximum Gasteiger partial charge on any atom is 0.302 e. The van der Waals surface area contributed by atoms with Gasteiger partial charge in [-0.3, -0.25) is 14.9 Å². The van der Waals surface area contributed by atoms with Crippen LogP contribution in [0.5, 0.6) is 0 Å². The van der Waals surface area contributed by atoms with Gasteiger partial charge < -0.3 is 4.74 Å². The van der Waals surface area contributed by atoms with Crippen molar-refractivity contribution < 1.29 is 14.5 Å². The molecule has 0 fully saturated rings. The average molecular weight is 335 g/mol. The van der Waals surface area contributed by atoms with E-state index in [0.717, 1.165) is 5.56 Å². The number of benzene rings is 1. The Morgan fingerprint density at radius 1 is 1.56 bits per heavy atom. The highest BCUT2D eigenvalue weighted by Crippen LogP contribution is 2.24. The topological polar surface area (TPSA) is 69.4 Å². The van der Waals surface area contributed by atoms with Crippen LogP contribution in [0.1, 0.15) is 12.5 Å². The van der Waals surface area contributed by atoms with Crippen molar-refractivity contribution in [2.75, 3.05) is 6.61 Å². The number of nitro benzene ring substituents is 1. The number of hydrogen-bond acceptors (Lipinski definition) is 4. The lowest BCUT2D eigenvalue weighted by Crippen LogP contribution is -2.05. The summed E-state index contributed by atoms with van der Waals surface area (Å²) in [7, 11) is 0. The van der Waals surface area contributed by atoms with Gasteiger partial charge in [-0.15, -0.1) is 0 Å². The van der Waals surface area contributed by atoms with E-state index >= 15 is 0 Å². The number of ether oxygens (including phenoxy) is 1. The first-order valence-electron chi connectivity index (χ1n) is 4.57. The largest absolute Gasteiger partial charge is 0.466 e. The summed E-state index contributed by atoms with van der Waals surface area (Å²) in [6, 6.07) is 4.87. The predicted molar refractivity (Wildman–Crippen MR) is 66.2 cm³/mol. The SMILES string of the molecule is CC(=O)OCCc1cccc([N+](=O)[O-])c1I. The van der Waals surface area contributed by atoms with Crippen LogP contribution in [0.3, 0.4) is 0 Å². The van der Waals surface area contributed by atoms with Crippen molar-refractivity contribution in [3.63, 3.8) is 0 Å². The van der Waals surface area contributed by atoms with Crippen molar-refractivity contribution in [2.45, 2.75) is 13.3 Å². The summed E-state index contributed by atoms with van der Waals surface area (Å²) in [5.74, 6) is -0.347. The molecular weight excluding hydrogens is 325 g/mol. The maximum atomic E-state index is 10.7. The first kappa shape index (κ1) is 12.9. The van der Waals surface area contributed by atoms with Crippen LogP contribution >= 0.6 is 22.6 Å². The Morgan fingerprint density at radius 2 is 2.25 bits per heavy atom. The molecule has 0 aliphatic heterocycles. The summed E-state index contributed by atoms with van der Waals surface area (Å²) in [5.41, 5.74) is 0.900. The van der Waals surface area contributed by atoms with Gasteiger partial charge in [-0.1, -0.05) is 12.1 Å². The fourth-order valence-corrected chi connectivity index (χ4v) is 2.03. The summed E-state index contributed by atoms with van der Waals surface area (Å²) in [6.07, 6.45) is 0.486. The lowest BCUT2D eigenvalue weighted by Gasteiger charge is -2.05. The first-order chi connectivity index (χ1) is 7.52. The highest BCUT2D eigenvalue weighted by molar-refractivity contribution is 14.1. The van der Waals surface area contributed by atoms with Crippen LogP contribution in [0.4, 0.5) is 5.69 Å². The van der Waals surface area contributed by atoms with Crippen molar-refractivity contribution >= 4 is 34.2 Å². The molecule has 0 amide bonds. The van der Waals surface area contributed by atoms with Crippen LogP contribution in [-0.4, -0.2) is 17.5 Å². The number of carbonyl (C=O) groups excluding carboxylic acids is 1. The number of halogens is 1. The molecular formula is C10H10INO4. The second-order valence-corrected chi connectivity index (χ2v) is 4.18. The normalized spacial score (nSPS) is 9.88. The second kappa shape index (κ2) is 5.78. The molecule has 1 aromatic carbocycles. The number of nitro groups is 1. The molecule has 0 N–H and O–H groups in total. The molecule has 0 aliphatic rings. The van der Waals surface area contributed by atoms with Crippen LogP contribution in [0.15, 0.2) is 18.2 Å². The van der Waals surface area contributed by atoms with Gasteiger partial charge in [0.2, 0.25) is 0 Å². The van der Waals surface area contributed by atoms with Gasteiger partial charge in [0.15, 0.2) is 0 Å². The van der Waals surface area contributed by atoms with Crippen molar-refractivity contribution in [3.05, 3.63) is 37.4 Å². The molecule has 0 heterocycles. The van der Waals surface area contributed by atoms with Gasteiger partial charge in [0.05, 0.1) is 15.1 Å². The molecule has 86 valence electrons. The second-order valence-electron chi connectivity index (χ2n) is 3.10. The molecule has 0 bridgehead atoms. The van der Waals surface area contributed by atoms with Gasteiger partial charge in [0.25, 0.3) is 5.69 Å². The molecule has 0 aliphatic carbocycles. The van der Waals surface area contributed by atoms with Crippen molar-refractivity contribution in [1.82, 2.24) is 0 Å². The van der Waals surface area contributed by atoms with E-state index < -0.39 is 4.92 Å². The number of rotatable bonds is 4. The Bertz CT molecular complexity index is 419. The summed E-state index contributed by atoms with van der Waals surface area (Å²) >= 11 is 1.93. The van der Waals surface area contributed by atoms with Gasteiger partial charge in [-0.05, 0) is 28.2 Å². The fraction of sp³-hybridized carbons (Fsp3) is 0.300. The van der Waals surface area contributed by atoms with E-state index in [4.69, 9.17) is 4.74 Å². The quantitative estimate of drug-likeness (QED) is 0.366. The molecule has 0 spiro atoms. The molecule has 0 saturated heterocycles. The van der Waals surface area contributed by atoms with Gasteiger partial charge in [0, 0.05) is 19.4 Å². The van der Waals surface area contributed by atoms with E-state index in [1.54, 1.807) is 12.1 Å². The Morgan fingerprint density at radius 3 is 2.81 bits per heavy atom. The standard InChI is InChI=1S/C10H10INO4/c1-7(13)16-6-5-8-3-2-4-9(10(8)11)12(14)15/h2-4H,5-6H2,1H3. The number of carbonyl (C=O) groups is 1. The third kappa shape index (κ3) is 3.44. The molecule has 0 radical (unpaired) electrons. The minimum absolute atomic E-state index is 0.0842. The Hall–Kier alpha value is -1.18. The zero-order valence-corrected chi connectivity index (χ0v) is 10.8. The van der Waals surface area contributed by atoms with Gasteiger partial charge in [0.1, 0.15) is 0 Å². The smallest absolute Gasteiger partial charge is 0.302 e. The van der Waals surface area contributed by atoms with Crippen LogP contribution < -0.4 is 0 Å². The van der Waals surface area contributed by atoms with Crippen LogP contribution in [-0.2, 0) is 16.0 Å². The number of hydrogen-bond donors (Lipinski definition) is 0. The van der Waals surface area contributed by atoms with E-state index in [-0.39, 0.29) is 18.3 Å². The molecule has 0 atom stereocenters. The Labute approximate surface area is 106 Å². The predicted octanol–water partition coefficient (Wildman–Crippen LogP) is 2.31. The average Bonchev–Trinajstić information content (AvgIpc) is 2.19. The zero-order valence-electron chi connectivity index (χ0n) is 8.60. The van der Waals surface area contributed by atoms with E-state index in [1.807, 2.05) is 22.6 Å². The van der Waals surface area contributed by atoms with E-state index in [1.165, 1.54) is 13.0 Å².